The summed E-state index contributed by atoms with van der Waals surface area (Å²) in [5.74, 6) is 0.752. The highest BCUT2D eigenvalue weighted by molar-refractivity contribution is 7.89. The molecule has 1 aromatic rings. The maximum absolute atomic E-state index is 12.1. The van der Waals surface area contributed by atoms with Gasteiger partial charge >= 0.3 is 0 Å². The highest BCUT2D eigenvalue weighted by Crippen LogP contribution is 2.29. The van der Waals surface area contributed by atoms with Gasteiger partial charge in [0.15, 0.2) is 11.5 Å². The van der Waals surface area contributed by atoms with Gasteiger partial charge in [-0.3, -0.25) is 0 Å². The van der Waals surface area contributed by atoms with Crippen molar-refractivity contribution in [1.29, 1.82) is 0 Å². The Morgan fingerprint density at radius 3 is 2.40 bits per heavy atom. The van der Waals surface area contributed by atoms with Crippen LogP contribution in [0.15, 0.2) is 23.1 Å². The predicted molar refractivity (Wildman–Crippen MR) is 74.4 cm³/mol. The van der Waals surface area contributed by atoms with Gasteiger partial charge in [-0.15, -0.1) is 0 Å². The van der Waals surface area contributed by atoms with Gasteiger partial charge in [0.25, 0.3) is 0 Å². The number of methoxy groups -OCH3 is 2. The molecule has 0 amide bonds. The van der Waals surface area contributed by atoms with Gasteiger partial charge in [0.05, 0.1) is 25.2 Å². The van der Waals surface area contributed by atoms with Crippen molar-refractivity contribution in [3.8, 4) is 11.5 Å². The van der Waals surface area contributed by atoms with Gasteiger partial charge in [-0.2, -0.15) is 0 Å². The van der Waals surface area contributed by atoms with Gasteiger partial charge in [-0.1, -0.05) is 0 Å². The molecule has 1 rings (SSSR count). The molecule has 114 valence electrons. The maximum atomic E-state index is 12.1. The fourth-order valence-corrected chi connectivity index (χ4v) is 2.53. The van der Waals surface area contributed by atoms with Gasteiger partial charge in [0, 0.05) is 18.7 Å². The van der Waals surface area contributed by atoms with E-state index in [0.29, 0.717) is 11.5 Å². The van der Waals surface area contributed by atoms with Crippen LogP contribution in [0.25, 0.3) is 0 Å². The van der Waals surface area contributed by atoms with Crippen molar-refractivity contribution in [3.63, 3.8) is 0 Å². The van der Waals surface area contributed by atoms with Gasteiger partial charge < -0.3 is 20.3 Å². The quantitative estimate of drug-likeness (QED) is 0.637. The van der Waals surface area contributed by atoms with E-state index in [4.69, 9.17) is 15.2 Å². The first-order valence-electron chi connectivity index (χ1n) is 5.97. The van der Waals surface area contributed by atoms with E-state index >= 15 is 0 Å². The molecule has 2 unspecified atom stereocenters. The number of hydrogen-bond donors (Lipinski definition) is 3. The van der Waals surface area contributed by atoms with Crippen molar-refractivity contribution < 1.29 is 23.0 Å². The topological polar surface area (TPSA) is 111 Å². The van der Waals surface area contributed by atoms with Crippen molar-refractivity contribution in [1.82, 2.24) is 4.72 Å². The lowest BCUT2D eigenvalue weighted by Gasteiger charge is -2.16. The van der Waals surface area contributed by atoms with Crippen LogP contribution in [0, 0.1) is 0 Å². The number of aliphatic hydroxyl groups is 1. The molecule has 2 atom stereocenters. The highest BCUT2D eigenvalue weighted by atomic mass is 32.2. The summed E-state index contributed by atoms with van der Waals surface area (Å²) in [4.78, 5) is 0.0351. The minimum Gasteiger partial charge on any atom is -0.493 e. The number of benzene rings is 1. The van der Waals surface area contributed by atoms with Gasteiger partial charge in [0.1, 0.15) is 0 Å². The van der Waals surface area contributed by atoms with Crippen LogP contribution in [-0.4, -0.2) is 46.4 Å². The van der Waals surface area contributed by atoms with Gasteiger partial charge in [-0.05, 0) is 19.1 Å². The Kier molecular flexibility index (Phi) is 5.75. The summed E-state index contributed by atoms with van der Waals surface area (Å²) in [5, 5.41) is 9.24. The molecule has 0 aliphatic carbocycles. The molecule has 7 nitrogen and oxygen atoms in total. The fraction of sp³-hybridized carbons (Fsp3) is 0.500. The standard InChI is InChI=1S/C12H20N2O5S/c1-8(15)10(13)7-14-20(16,17)9-4-5-11(18-2)12(6-9)19-3/h4-6,8,10,14-15H,7,13H2,1-3H3. The Morgan fingerprint density at radius 2 is 1.90 bits per heavy atom. The third-order valence-electron chi connectivity index (χ3n) is 2.79. The molecule has 0 spiro atoms. The lowest BCUT2D eigenvalue weighted by atomic mass is 10.2. The zero-order valence-corrected chi connectivity index (χ0v) is 12.5. The minimum atomic E-state index is -3.72. The monoisotopic (exact) mass is 304 g/mol. The van der Waals surface area contributed by atoms with Crippen molar-refractivity contribution in [2.24, 2.45) is 5.73 Å². The first kappa shape index (κ1) is 16.7. The summed E-state index contributed by atoms with van der Waals surface area (Å²) in [6, 6.07) is 3.58. The van der Waals surface area contributed by atoms with E-state index < -0.39 is 22.2 Å². The van der Waals surface area contributed by atoms with Crippen molar-refractivity contribution in [2.75, 3.05) is 20.8 Å². The molecule has 0 bridgehead atoms. The Bertz CT molecular complexity index is 545. The molecule has 20 heavy (non-hydrogen) atoms. The lowest BCUT2D eigenvalue weighted by molar-refractivity contribution is 0.164. The first-order valence-corrected chi connectivity index (χ1v) is 7.45. The Morgan fingerprint density at radius 1 is 1.30 bits per heavy atom. The Labute approximate surface area is 118 Å². The second-order valence-electron chi connectivity index (χ2n) is 4.27. The SMILES string of the molecule is COc1ccc(S(=O)(=O)NCC(N)C(C)O)cc1OC. The molecule has 0 fully saturated rings. The van der Waals surface area contributed by atoms with Crippen molar-refractivity contribution >= 4 is 10.0 Å². The predicted octanol–water partition coefficient (Wildman–Crippen LogP) is -0.310. The van der Waals surface area contributed by atoms with E-state index in [1.54, 1.807) is 0 Å². The number of aliphatic hydroxyl groups excluding tert-OH is 1. The summed E-state index contributed by atoms with van der Waals surface area (Å²) >= 11 is 0. The van der Waals surface area contributed by atoms with E-state index in [0.717, 1.165) is 0 Å². The molecule has 8 heteroatoms. The number of nitrogens with one attached hydrogen (secondary N) is 1. The normalized spacial score (nSPS) is 14.7. The summed E-state index contributed by atoms with van der Waals surface area (Å²) in [5.41, 5.74) is 5.58. The lowest BCUT2D eigenvalue weighted by Crippen LogP contribution is -2.43. The largest absolute Gasteiger partial charge is 0.493 e. The summed E-state index contributed by atoms with van der Waals surface area (Å²) in [7, 11) is -0.837. The molecule has 0 saturated carbocycles. The maximum Gasteiger partial charge on any atom is 0.240 e. The fourth-order valence-electron chi connectivity index (χ4n) is 1.44. The smallest absolute Gasteiger partial charge is 0.240 e. The number of ether oxygens (including phenoxy) is 2. The molecule has 1 aromatic carbocycles. The van der Waals surface area contributed by atoms with Crippen LogP contribution < -0.4 is 19.9 Å². The van der Waals surface area contributed by atoms with Crippen LogP contribution in [-0.2, 0) is 10.0 Å². The average Bonchev–Trinajstić information content (AvgIpc) is 2.43. The molecule has 0 aliphatic heterocycles. The van der Waals surface area contributed by atoms with Crippen molar-refractivity contribution in [2.45, 2.75) is 24.0 Å². The Balaban J connectivity index is 2.93. The Hall–Kier alpha value is -1.35. The summed E-state index contributed by atoms with van der Waals surface area (Å²) in [6.07, 6.45) is -0.803. The molecule has 0 radical (unpaired) electrons. The van der Waals surface area contributed by atoms with Gasteiger partial charge in [-0.25, -0.2) is 13.1 Å². The summed E-state index contributed by atoms with van der Waals surface area (Å²) in [6.45, 7) is 1.43. The number of sulfonamides is 1. The number of nitrogens with two attached hydrogens (primary N) is 1. The van der Waals surface area contributed by atoms with Crippen LogP contribution >= 0.6 is 0 Å². The third kappa shape index (κ3) is 4.07. The van der Waals surface area contributed by atoms with E-state index in [9.17, 15) is 13.5 Å². The molecule has 4 N–H and O–H groups in total. The van der Waals surface area contributed by atoms with E-state index in [-0.39, 0.29) is 11.4 Å². The zero-order valence-electron chi connectivity index (χ0n) is 11.7. The van der Waals surface area contributed by atoms with Crippen LogP contribution in [0.3, 0.4) is 0 Å². The first-order chi connectivity index (χ1) is 9.31. The molecular formula is C12H20N2O5S. The van der Waals surface area contributed by atoms with Crippen LogP contribution in [0.5, 0.6) is 11.5 Å². The second kappa shape index (κ2) is 6.89. The highest BCUT2D eigenvalue weighted by Gasteiger charge is 2.19. The van der Waals surface area contributed by atoms with Gasteiger partial charge in [0.2, 0.25) is 10.0 Å². The van der Waals surface area contributed by atoms with Crippen molar-refractivity contribution in [3.05, 3.63) is 18.2 Å². The average molecular weight is 304 g/mol. The molecule has 0 aliphatic rings. The molecule has 0 aromatic heterocycles. The van der Waals surface area contributed by atoms with E-state index in [2.05, 4.69) is 4.72 Å². The third-order valence-corrected chi connectivity index (χ3v) is 4.22. The van der Waals surface area contributed by atoms with E-state index in [1.807, 2.05) is 0 Å². The second-order valence-corrected chi connectivity index (χ2v) is 6.04. The van der Waals surface area contributed by atoms with E-state index in [1.165, 1.54) is 39.3 Å². The molecular weight excluding hydrogens is 284 g/mol. The summed E-state index contributed by atoms with van der Waals surface area (Å²) < 4.78 is 36.6. The number of hydrogen-bond acceptors (Lipinski definition) is 6. The minimum absolute atomic E-state index is 0.0351. The molecule has 0 saturated heterocycles. The number of rotatable bonds is 7. The zero-order chi connectivity index (χ0) is 15.3. The van der Waals surface area contributed by atoms with Crippen LogP contribution in [0.2, 0.25) is 0 Å². The van der Waals surface area contributed by atoms with Crippen LogP contribution in [0.4, 0.5) is 0 Å². The molecule has 0 heterocycles. The van der Waals surface area contributed by atoms with Crippen LogP contribution in [0.1, 0.15) is 6.92 Å².